The third kappa shape index (κ3) is 4.56. The summed E-state index contributed by atoms with van der Waals surface area (Å²) in [5.74, 6) is 0.652. The highest BCUT2D eigenvalue weighted by atomic mass is 16.5. The number of hydrogen-bond acceptors (Lipinski definition) is 3. The van der Waals surface area contributed by atoms with Gasteiger partial charge in [0, 0.05) is 25.4 Å². The van der Waals surface area contributed by atoms with Crippen molar-refractivity contribution in [2.75, 3.05) is 13.7 Å². The van der Waals surface area contributed by atoms with Gasteiger partial charge in [0.1, 0.15) is 0 Å². The topological polar surface area (TPSA) is 34.1 Å². The number of pyridine rings is 1. The first-order chi connectivity index (χ1) is 9.38. The summed E-state index contributed by atoms with van der Waals surface area (Å²) in [6.45, 7) is 1.64. The molecule has 3 heteroatoms. The van der Waals surface area contributed by atoms with Crippen LogP contribution in [0.4, 0.5) is 0 Å². The minimum absolute atomic E-state index is 0.652. The lowest BCUT2D eigenvalue weighted by atomic mass is 10.2. The zero-order valence-corrected chi connectivity index (χ0v) is 11.0. The Balaban J connectivity index is 1.76. The second kappa shape index (κ2) is 7.34. The average Bonchev–Trinajstić information content (AvgIpc) is 2.48. The van der Waals surface area contributed by atoms with Gasteiger partial charge >= 0.3 is 0 Å². The molecular formula is C16H18N2O. The van der Waals surface area contributed by atoms with E-state index in [-0.39, 0.29) is 0 Å². The van der Waals surface area contributed by atoms with Gasteiger partial charge in [-0.25, -0.2) is 4.98 Å². The van der Waals surface area contributed by atoms with Crippen LogP contribution in [0.5, 0.6) is 5.88 Å². The van der Waals surface area contributed by atoms with Gasteiger partial charge in [0.25, 0.3) is 0 Å². The van der Waals surface area contributed by atoms with E-state index in [0.717, 1.165) is 13.1 Å². The Morgan fingerprint density at radius 2 is 2.05 bits per heavy atom. The first-order valence-electron chi connectivity index (χ1n) is 6.30. The van der Waals surface area contributed by atoms with Crippen molar-refractivity contribution in [3.05, 3.63) is 65.9 Å². The minimum atomic E-state index is 0.652. The minimum Gasteiger partial charge on any atom is -0.481 e. The van der Waals surface area contributed by atoms with Crippen molar-refractivity contribution in [3.63, 3.8) is 0 Å². The van der Waals surface area contributed by atoms with E-state index in [0.29, 0.717) is 5.88 Å². The molecule has 3 nitrogen and oxygen atoms in total. The van der Waals surface area contributed by atoms with Crippen LogP contribution in [0.3, 0.4) is 0 Å². The summed E-state index contributed by atoms with van der Waals surface area (Å²) in [5, 5.41) is 3.35. The Morgan fingerprint density at radius 1 is 1.21 bits per heavy atom. The van der Waals surface area contributed by atoms with Crippen LogP contribution in [-0.2, 0) is 6.54 Å². The van der Waals surface area contributed by atoms with E-state index in [1.165, 1.54) is 11.1 Å². The number of nitrogens with zero attached hydrogens (tertiary/aromatic N) is 1. The number of methoxy groups -OCH3 is 1. The number of aromatic nitrogens is 1. The standard InChI is InChI=1S/C16H18N2O/c1-19-16-12-15(9-11-18-16)13-17-10-5-8-14-6-3-2-4-7-14/h2-9,11-12,17H,10,13H2,1H3. The van der Waals surface area contributed by atoms with Crippen LogP contribution in [0.2, 0.25) is 0 Å². The number of nitrogens with one attached hydrogen (secondary N) is 1. The maximum atomic E-state index is 5.09. The molecule has 0 aliphatic carbocycles. The van der Waals surface area contributed by atoms with E-state index in [2.05, 4.69) is 34.6 Å². The molecule has 0 bridgehead atoms. The van der Waals surface area contributed by atoms with E-state index >= 15 is 0 Å². The van der Waals surface area contributed by atoms with Gasteiger partial charge in [0.15, 0.2) is 0 Å². The summed E-state index contributed by atoms with van der Waals surface area (Å²) >= 11 is 0. The second-order valence-corrected chi connectivity index (χ2v) is 4.15. The van der Waals surface area contributed by atoms with Crippen molar-refractivity contribution < 1.29 is 4.74 Å². The molecule has 19 heavy (non-hydrogen) atoms. The molecule has 1 N–H and O–H groups in total. The predicted octanol–water partition coefficient (Wildman–Crippen LogP) is 2.89. The zero-order valence-electron chi connectivity index (χ0n) is 11.0. The van der Waals surface area contributed by atoms with Gasteiger partial charge in [-0.2, -0.15) is 0 Å². The molecule has 0 saturated heterocycles. The summed E-state index contributed by atoms with van der Waals surface area (Å²) in [6.07, 6.45) is 5.99. The fourth-order valence-electron chi connectivity index (χ4n) is 1.73. The maximum absolute atomic E-state index is 5.09. The van der Waals surface area contributed by atoms with Crippen molar-refractivity contribution in [1.82, 2.24) is 10.3 Å². The van der Waals surface area contributed by atoms with Gasteiger partial charge in [-0.05, 0) is 17.2 Å². The van der Waals surface area contributed by atoms with E-state index in [1.807, 2.05) is 30.3 Å². The van der Waals surface area contributed by atoms with E-state index in [4.69, 9.17) is 4.74 Å². The molecule has 1 heterocycles. The van der Waals surface area contributed by atoms with Crippen LogP contribution in [0.1, 0.15) is 11.1 Å². The Hall–Kier alpha value is -2.13. The monoisotopic (exact) mass is 254 g/mol. The quantitative estimate of drug-likeness (QED) is 0.805. The Bertz CT molecular complexity index is 523. The van der Waals surface area contributed by atoms with Crippen LogP contribution in [0.25, 0.3) is 6.08 Å². The van der Waals surface area contributed by atoms with Crippen molar-refractivity contribution in [1.29, 1.82) is 0 Å². The molecule has 0 fully saturated rings. The summed E-state index contributed by atoms with van der Waals surface area (Å²) < 4.78 is 5.09. The van der Waals surface area contributed by atoms with Crippen molar-refractivity contribution in [3.8, 4) is 5.88 Å². The van der Waals surface area contributed by atoms with Gasteiger partial charge in [-0.3, -0.25) is 0 Å². The zero-order chi connectivity index (χ0) is 13.3. The van der Waals surface area contributed by atoms with Crippen LogP contribution in [0, 0.1) is 0 Å². The third-order valence-electron chi connectivity index (χ3n) is 2.71. The van der Waals surface area contributed by atoms with Crippen LogP contribution < -0.4 is 10.1 Å². The lowest BCUT2D eigenvalue weighted by molar-refractivity contribution is 0.397. The molecule has 0 amide bonds. The number of rotatable bonds is 6. The third-order valence-corrected chi connectivity index (χ3v) is 2.71. The summed E-state index contributed by atoms with van der Waals surface area (Å²) in [7, 11) is 1.63. The molecule has 0 unspecified atom stereocenters. The molecule has 98 valence electrons. The lowest BCUT2D eigenvalue weighted by Crippen LogP contribution is -2.12. The van der Waals surface area contributed by atoms with Crippen LogP contribution in [0.15, 0.2) is 54.7 Å². The first kappa shape index (κ1) is 13.3. The molecule has 0 radical (unpaired) electrons. The van der Waals surface area contributed by atoms with Crippen molar-refractivity contribution in [2.45, 2.75) is 6.54 Å². The molecule has 0 aliphatic rings. The van der Waals surface area contributed by atoms with Gasteiger partial charge in [-0.1, -0.05) is 42.5 Å². The summed E-state index contributed by atoms with van der Waals surface area (Å²) in [4.78, 5) is 4.08. The number of hydrogen-bond donors (Lipinski definition) is 1. The van der Waals surface area contributed by atoms with Gasteiger partial charge < -0.3 is 10.1 Å². The van der Waals surface area contributed by atoms with Crippen molar-refractivity contribution >= 4 is 6.08 Å². The molecule has 0 aliphatic heterocycles. The SMILES string of the molecule is COc1cc(CNCC=Cc2ccccc2)ccn1. The smallest absolute Gasteiger partial charge is 0.213 e. The summed E-state index contributed by atoms with van der Waals surface area (Å²) in [6, 6.07) is 14.2. The largest absolute Gasteiger partial charge is 0.481 e. The molecule has 1 aromatic heterocycles. The van der Waals surface area contributed by atoms with E-state index in [1.54, 1.807) is 13.3 Å². The molecule has 1 aromatic carbocycles. The number of benzene rings is 1. The van der Waals surface area contributed by atoms with E-state index < -0.39 is 0 Å². The number of ether oxygens (including phenoxy) is 1. The summed E-state index contributed by atoms with van der Waals surface area (Å²) in [5.41, 5.74) is 2.38. The Kier molecular flexibility index (Phi) is 5.14. The fraction of sp³-hybridized carbons (Fsp3) is 0.188. The molecular weight excluding hydrogens is 236 g/mol. The molecule has 0 saturated carbocycles. The average molecular weight is 254 g/mol. The molecule has 2 rings (SSSR count). The molecule has 0 spiro atoms. The van der Waals surface area contributed by atoms with Crippen LogP contribution >= 0.6 is 0 Å². The Morgan fingerprint density at radius 3 is 2.84 bits per heavy atom. The van der Waals surface area contributed by atoms with Gasteiger partial charge in [0.05, 0.1) is 7.11 Å². The lowest BCUT2D eigenvalue weighted by Gasteiger charge is -2.04. The normalized spacial score (nSPS) is 10.8. The first-order valence-corrected chi connectivity index (χ1v) is 6.30. The second-order valence-electron chi connectivity index (χ2n) is 4.15. The highest BCUT2D eigenvalue weighted by molar-refractivity contribution is 5.48. The molecule has 2 aromatic rings. The molecule has 0 atom stereocenters. The predicted molar refractivity (Wildman–Crippen MR) is 78.0 cm³/mol. The van der Waals surface area contributed by atoms with Crippen molar-refractivity contribution in [2.24, 2.45) is 0 Å². The fourth-order valence-corrected chi connectivity index (χ4v) is 1.73. The van der Waals surface area contributed by atoms with Gasteiger partial charge in [-0.15, -0.1) is 0 Å². The van der Waals surface area contributed by atoms with E-state index in [9.17, 15) is 0 Å². The van der Waals surface area contributed by atoms with Gasteiger partial charge in [0.2, 0.25) is 5.88 Å². The Labute approximate surface area is 114 Å². The highest BCUT2D eigenvalue weighted by Gasteiger charge is 1.95. The highest BCUT2D eigenvalue weighted by Crippen LogP contribution is 2.07. The maximum Gasteiger partial charge on any atom is 0.213 e. The van der Waals surface area contributed by atoms with Crippen LogP contribution in [-0.4, -0.2) is 18.6 Å².